The Bertz CT molecular complexity index is 236. The molecule has 1 aliphatic heterocycles. The monoisotopic (exact) mass is 237 g/mol. The molecule has 1 unspecified atom stereocenters. The van der Waals surface area contributed by atoms with Crippen LogP contribution in [0.5, 0.6) is 0 Å². The van der Waals surface area contributed by atoms with Crippen LogP contribution in [0.15, 0.2) is 0 Å². The summed E-state index contributed by atoms with van der Waals surface area (Å²) in [5.74, 6) is 0. The zero-order valence-electron chi connectivity index (χ0n) is 9.28. The third-order valence-electron chi connectivity index (χ3n) is 3.55. The summed E-state index contributed by atoms with van der Waals surface area (Å²) in [4.78, 5) is 0. The van der Waals surface area contributed by atoms with E-state index in [9.17, 15) is 13.2 Å². The van der Waals surface area contributed by atoms with Crippen LogP contribution in [0.4, 0.5) is 13.2 Å². The van der Waals surface area contributed by atoms with Crippen molar-refractivity contribution in [3.63, 3.8) is 0 Å². The molecule has 1 saturated carbocycles. The second-order valence-corrected chi connectivity index (χ2v) is 4.91. The minimum Gasteiger partial charge on any atom is -0.370 e. The van der Waals surface area contributed by atoms with Crippen LogP contribution in [-0.4, -0.2) is 31.0 Å². The van der Waals surface area contributed by atoms with Gasteiger partial charge in [-0.2, -0.15) is 13.2 Å². The summed E-state index contributed by atoms with van der Waals surface area (Å²) in [6.07, 6.45) is 2.33. The van der Waals surface area contributed by atoms with Crippen LogP contribution in [0.25, 0.3) is 0 Å². The first-order chi connectivity index (χ1) is 7.49. The van der Waals surface area contributed by atoms with Crippen LogP contribution in [-0.2, 0) is 4.74 Å². The largest absolute Gasteiger partial charge is 0.401 e. The summed E-state index contributed by atoms with van der Waals surface area (Å²) >= 11 is 0. The predicted octanol–water partition coefficient (Wildman–Crippen LogP) is 2.63. The standard InChI is InChI=1S/C11H18F3NO/c12-11(13,14)8-15-7-9-3-6-10(16-9)4-1-2-5-10/h9,15H,1-8H2. The highest BCUT2D eigenvalue weighted by molar-refractivity contribution is 4.93. The smallest absolute Gasteiger partial charge is 0.370 e. The summed E-state index contributed by atoms with van der Waals surface area (Å²) in [5.41, 5.74) is 0.0184. The molecule has 1 heterocycles. The first-order valence-corrected chi connectivity index (χ1v) is 5.94. The Morgan fingerprint density at radius 3 is 2.50 bits per heavy atom. The summed E-state index contributed by atoms with van der Waals surface area (Å²) in [6.45, 7) is -0.596. The summed E-state index contributed by atoms with van der Waals surface area (Å²) in [6, 6.07) is 0. The highest BCUT2D eigenvalue weighted by Gasteiger charge is 2.42. The van der Waals surface area contributed by atoms with Crippen LogP contribution >= 0.6 is 0 Å². The van der Waals surface area contributed by atoms with Crippen LogP contribution in [0.1, 0.15) is 38.5 Å². The molecule has 2 aliphatic rings. The zero-order chi connectivity index (χ0) is 11.6. The lowest BCUT2D eigenvalue weighted by atomic mass is 9.98. The molecule has 1 atom stereocenters. The summed E-state index contributed by atoms with van der Waals surface area (Å²) in [5, 5.41) is 2.42. The maximum atomic E-state index is 11.9. The number of hydrogen-bond acceptors (Lipinski definition) is 2. The van der Waals surface area contributed by atoms with E-state index in [0.29, 0.717) is 6.54 Å². The van der Waals surface area contributed by atoms with E-state index in [2.05, 4.69) is 5.32 Å². The quantitative estimate of drug-likeness (QED) is 0.814. The molecule has 5 heteroatoms. The lowest BCUT2D eigenvalue weighted by molar-refractivity contribution is -0.126. The minimum absolute atomic E-state index is 0.0184. The number of ether oxygens (including phenoxy) is 1. The van der Waals surface area contributed by atoms with Crippen molar-refractivity contribution < 1.29 is 17.9 Å². The van der Waals surface area contributed by atoms with Gasteiger partial charge in [-0.05, 0) is 25.7 Å². The van der Waals surface area contributed by atoms with E-state index < -0.39 is 12.7 Å². The fraction of sp³-hybridized carbons (Fsp3) is 1.00. The fourth-order valence-electron chi connectivity index (χ4n) is 2.80. The molecule has 2 rings (SSSR count). The van der Waals surface area contributed by atoms with Gasteiger partial charge < -0.3 is 10.1 Å². The van der Waals surface area contributed by atoms with Gasteiger partial charge in [0.05, 0.1) is 18.2 Å². The molecular formula is C11H18F3NO. The maximum absolute atomic E-state index is 11.9. The van der Waals surface area contributed by atoms with E-state index >= 15 is 0 Å². The van der Waals surface area contributed by atoms with Crippen molar-refractivity contribution in [3.05, 3.63) is 0 Å². The molecule has 0 aromatic heterocycles. The van der Waals surface area contributed by atoms with Gasteiger partial charge in [0.2, 0.25) is 0 Å². The molecule has 0 aromatic rings. The summed E-state index contributed by atoms with van der Waals surface area (Å²) < 4.78 is 41.7. The number of halogens is 3. The molecule has 2 nitrogen and oxygen atoms in total. The Hall–Kier alpha value is -0.290. The van der Waals surface area contributed by atoms with Gasteiger partial charge in [-0.25, -0.2) is 0 Å². The molecule has 1 saturated heterocycles. The average molecular weight is 237 g/mol. The van der Waals surface area contributed by atoms with Crippen molar-refractivity contribution in [2.75, 3.05) is 13.1 Å². The number of rotatable bonds is 3. The topological polar surface area (TPSA) is 21.3 Å². The number of alkyl halides is 3. The van der Waals surface area contributed by atoms with Gasteiger partial charge in [0.15, 0.2) is 0 Å². The minimum atomic E-state index is -4.12. The maximum Gasteiger partial charge on any atom is 0.401 e. The average Bonchev–Trinajstić information content (AvgIpc) is 2.76. The van der Waals surface area contributed by atoms with Gasteiger partial charge in [0.1, 0.15) is 0 Å². The van der Waals surface area contributed by atoms with Gasteiger partial charge in [-0.1, -0.05) is 12.8 Å². The van der Waals surface area contributed by atoms with Gasteiger partial charge in [-0.3, -0.25) is 0 Å². The van der Waals surface area contributed by atoms with Crippen LogP contribution in [0.3, 0.4) is 0 Å². The Morgan fingerprint density at radius 2 is 1.88 bits per heavy atom. The van der Waals surface area contributed by atoms with Gasteiger partial charge in [-0.15, -0.1) is 0 Å². The molecule has 0 bridgehead atoms. The Morgan fingerprint density at radius 1 is 1.19 bits per heavy atom. The lowest BCUT2D eigenvalue weighted by Crippen LogP contribution is -2.36. The molecule has 0 radical (unpaired) electrons. The Labute approximate surface area is 93.5 Å². The van der Waals surface area contributed by atoms with Crippen molar-refractivity contribution in [2.24, 2.45) is 0 Å². The third-order valence-corrected chi connectivity index (χ3v) is 3.55. The van der Waals surface area contributed by atoms with Crippen molar-refractivity contribution in [2.45, 2.75) is 56.4 Å². The van der Waals surface area contributed by atoms with Gasteiger partial charge in [0.25, 0.3) is 0 Å². The Balaban J connectivity index is 1.69. The van der Waals surface area contributed by atoms with E-state index in [4.69, 9.17) is 4.74 Å². The summed E-state index contributed by atoms with van der Waals surface area (Å²) in [7, 11) is 0. The van der Waals surface area contributed by atoms with Crippen LogP contribution in [0.2, 0.25) is 0 Å². The van der Waals surface area contributed by atoms with Crippen molar-refractivity contribution in [1.82, 2.24) is 5.32 Å². The van der Waals surface area contributed by atoms with Crippen molar-refractivity contribution in [3.8, 4) is 0 Å². The zero-order valence-corrected chi connectivity index (χ0v) is 9.28. The highest BCUT2D eigenvalue weighted by atomic mass is 19.4. The van der Waals surface area contributed by atoms with E-state index in [1.807, 2.05) is 0 Å². The molecular weight excluding hydrogens is 219 g/mol. The van der Waals surface area contributed by atoms with E-state index in [-0.39, 0.29) is 11.7 Å². The number of nitrogens with one attached hydrogen (secondary N) is 1. The van der Waals surface area contributed by atoms with E-state index in [0.717, 1.165) is 25.7 Å². The first kappa shape index (κ1) is 12.2. The molecule has 0 aromatic carbocycles. The molecule has 94 valence electrons. The molecule has 0 amide bonds. The van der Waals surface area contributed by atoms with Gasteiger partial charge in [0, 0.05) is 6.54 Å². The molecule has 1 N–H and O–H groups in total. The number of hydrogen-bond donors (Lipinski definition) is 1. The molecule has 16 heavy (non-hydrogen) atoms. The molecule has 2 fully saturated rings. The molecule has 1 spiro atoms. The van der Waals surface area contributed by atoms with Crippen molar-refractivity contribution in [1.29, 1.82) is 0 Å². The SMILES string of the molecule is FC(F)(F)CNCC1CCC2(CCCC2)O1. The van der Waals surface area contributed by atoms with Crippen LogP contribution < -0.4 is 5.32 Å². The third kappa shape index (κ3) is 3.10. The highest BCUT2D eigenvalue weighted by Crippen LogP contribution is 2.43. The fourth-order valence-corrected chi connectivity index (χ4v) is 2.80. The molecule has 1 aliphatic carbocycles. The Kier molecular flexibility index (Phi) is 3.45. The first-order valence-electron chi connectivity index (χ1n) is 5.94. The van der Waals surface area contributed by atoms with Crippen LogP contribution in [0, 0.1) is 0 Å². The van der Waals surface area contributed by atoms with E-state index in [1.165, 1.54) is 12.8 Å². The lowest BCUT2D eigenvalue weighted by Gasteiger charge is -2.24. The second kappa shape index (κ2) is 4.53. The van der Waals surface area contributed by atoms with E-state index in [1.54, 1.807) is 0 Å². The van der Waals surface area contributed by atoms with Gasteiger partial charge >= 0.3 is 6.18 Å². The predicted molar refractivity (Wildman–Crippen MR) is 54.2 cm³/mol. The van der Waals surface area contributed by atoms with Crippen molar-refractivity contribution >= 4 is 0 Å². The second-order valence-electron chi connectivity index (χ2n) is 4.91. The normalized spacial score (nSPS) is 29.1.